The minimum atomic E-state index is -0.0857. The topological polar surface area (TPSA) is 47.8 Å². The Balaban J connectivity index is 2.69. The van der Waals surface area contributed by atoms with E-state index in [1.807, 2.05) is 0 Å². The molecule has 0 aliphatic rings. The molecule has 0 aliphatic carbocycles. The third kappa shape index (κ3) is 1.92. The molecule has 0 N–H and O–H groups in total. The Labute approximate surface area is 70.6 Å². The van der Waals surface area contributed by atoms with Crippen LogP contribution in [0, 0.1) is 11.8 Å². The summed E-state index contributed by atoms with van der Waals surface area (Å²) in [7, 11) is 1.72. The van der Waals surface area contributed by atoms with Crippen LogP contribution in [0.5, 0.6) is 0 Å². The molecule has 1 aromatic heterocycles. The molecule has 0 bridgehead atoms. The maximum atomic E-state index is 11.2. The van der Waals surface area contributed by atoms with E-state index >= 15 is 0 Å². The van der Waals surface area contributed by atoms with Crippen molar-refractivity contribution in [3.05, 3.63) is 11.9 Å². The Morgan fingerprint density at radius 1 is 1.75 bits per heavy atom. The molecule has 62 valence electrons. The molecule has 0 saturated heterocycles. The van der Waals surface area contributed by atoms with Crippen LogP contribution < -0.4 is 0 Å². The van der Waals surface area contributed by atoms with Crippen LogP contribution in [0.1, 0.15) is 23.8 Å². The van der Waals surface area contributed by atoms with Crippen molar-refractivity contribution in [2.24, 2.45) is 7.05 Å². The molecule has 0 spiro atoms. The quantitative estimate of drug-likeness (QED) is 0.468. The third-order valence-corrected chi connectivity index (χ3v) is 1.31. The zero-order chi connectivity index (χ0) is 8.97. The van der Waals surface area contributed by atoms with Crippen LogP contribution in [0.3, 0.4) is 0 Å². The van der Waals surface area contributed by atoms with Crippen LogP contribution >= 0.6 is 0 Å². The number of rotatable bonds is 2. The van der Waals surface area contributed by atoms with E-state index in [0.29, 0.717) is 5.69 Å². The molecule has 0 aromatic carbocycles. The van der Waals surface area contributed by atoms with Crippen LogP contribution in [0.2, 0.25) is 0 Å². The highest BCUT2D eigenvalue weighted by Crippen LogP contribution is 1.96. The van der Waals surface area contributed by atoms with E-state index in [9.17, 15) is 4.79 Å². The molecule has 0 saturated carbocycles. The number of hydrogen-bond donors (Lipinski definition) is 0. The van der Waals surface area contributed by atoms with Gasteiger partial charge in [-0.05, 0) is 6.92 Å². The van der Waals surface area contributed by atoms with Gasteiger partial charge in [0, 0.05) is 7.05 Å². The summed E-state index contributed by atoms with van der Waals surface area (Å²) >= 11 is 0. The Morgan fingerprint density at radius 2 is 2.50 bits per heavy atom. The zero-order valence-electron chi connectivity index (χ0n) is 7.03. The molecule has 1 aromatic rings. The fourth-order valence-electron chi connectivity index (χ4n) is 0.734. The summed E-state index contributed by atoms with van der Waals surface area (Å²) in [6.45, 7) is 1.70. The normalized spacial score (nSPS) is 8.83. The number of nitrogens with zero attached hydrogens (tertiary/aromatic N) is 3. The van der Waals surface area contributed by atoms with Gasteiger partial charge in [0.1, 0.15) is 5.69 Å². The number of carbonyl (C=O) groups excluding carboxylic acids is 1. The molecule has 0 radical (unpaired) electrons. The van der Waals surface area contributed by atoms with Gasteiger partial charge in [-0.1, -0.05) is 11.1 Å². The fraction of sp³-hybridized carbons (Fsp3) is 0.375. The largest absolute Gasteiger partial charge is 0.291 e. The predicted molar refractivity (Wildman–Crippen MR) is 43.4 cm³/mol. The molecule has 0 fully saturated rings. The van der Waals surface area contributed by atoms with Crippen molar-refractivity contribution in [1.29, 1.82) is 0 Å². The molecule has 0 amide bonds. The summed E-state index contributed by atoms with van der Waals surface area (Å²) in [6.07, 6.45) is 1.80. The van der Waals surface area contributed by atoms with Gasteiger partial charge in [-0.2, -0.15) is 0 Å². The minimum Gasteiger partial charge on any atom is -0.291 e. The second-order valence-corrected chi connectivity index (χ2v) is 2.30. The first-order valence-corrected chi connectivity index (χ1v) is 3.53. The summed E-state index contributed by atoms with van der Waals surface area (Å²) in [4.78, 5) is 11.2. The van der Waals surface area contributed by atoms with E-state index in [-0.39, 0.29) is 12.2 Å². The van der Waals surface area contributed by atoms with Crippen LogP contribution in [-0.4, -0.2) is 20.8 Å². The molecule has 1 rings (SSSR count). The van der Waals surface area contributed by atoms with Crippen molar-refractivity contribution in [3.8, 4) is 11.8 Å². The van der Waals surface area contributed by atoms with Crippen molar-refractivity contribution < 1.29 is 4.79 Å². The monoisotopic (exact) mass is 163 g/mol. The molecule has 0 unspecified atom stereocenters. The summed E-state index contributed by atoms with van der Waals surface area (Å²) in [5.74, 6) is 5.24. The summed E-state index contributed by atoms with van der Waals surface area (Å²) in [5, 5.41) is 7.31. The van der Waals surface area contributed by atoms with Crippen LogP contribution in [0.25, 0.3) is 0 Å². The molecular formula is C8H9N3O. The summed E-state index contributed by atoms with van der Waals surface area (Å²) in [6, 6.07) is 0. The van der Waals surface area contributed by atoms with Crippen molar-refractivity contribution in [3.63, 3.8) is 0 Å². The van der Waals surface area contributed by atoms with Crippen LogP contribution in [0.15, 0.2) is 6.20 Å². The number of aromatic nitrogens is 3. The predicted octanol–water partition coefficient (Wildman–Crippen LogP) is 0.411. The Hall–Kier alpha value is -1.63. The lowest BCUT2D eigenvalue weighted by Crippen LogP contribution is -1.97. The number of hydrogen-bond acceptors (Lipinski definition) is 3. The fourth-order valence-corrected chi connectivity index (χ4v) is 0.734. The average Bonchev–Trinajstić information content (AvgIpc) is 2.47. The van der Waals surface area contributed by atoms with Crippen LogP contribution in [0.4, 0.5) is 0 Å². The highest BCUT2D eigenvalue weighted by Gasteiger charge is 2.07. The molecular weight excluding hydrogens is 154 g/mol. The molecule has 1 heterocycles. The highest BCUT2D eigenvalue weighted by molar-refractivity contribution is 5.95. The van der Waals surface area contributed by atoms with Gasteiger partial charge in [0.25, 0.3) is 0 Å². The molecule has 0 atom stereocenters. The summed E-state index contributed by atoms with van der Waals surface area (Å²) in [5.41, 5.74) is 0.375. The Morgan fingerprint density at radius 3 is 3.00 bits per heavy atom. The maximum Gasteiger partial charge on any atom is 0.196 e. The van der Waals surface area contributed by atoms with Crippen LogP contribution in [-0.2, 0) is 7.05 Å². The lowest BCUT2D eigenvalue weighted by Gasteiger charge is -1.85. The second kappa shape index (κ2) is 3.67. The smallest absolute Gasteiger partial charge is 0.196 e. The van der Waals surface area contributed by atoms with Gasteiger partial charge in [0.15, 0.2) is 5.78 Å². The molecule has 0 aliphatic heterocycles. The van der Waals surface area contributed by atoms with E-state index in [2.05, 4.69) is 22.2 Å². The van der Waals surface area contributed by atoms with E-state index in [0.717, 1.165) is 0 Å². The maximum absolute atomic E-state index is 11.2. The van der Waals surface area contributed by atoms with E-state index in [1.54, 1.807) is 20.2 Å². The first-order valence-electron chi connectivity index (χ1n) is 3.53. The standard InChI is InChI=1S/C8H9N3O/c1-3-4-5-8(12)7-6-11(2)10-9-7/h6H,5H2,1-2H3. The average molecular weight is 163 g/mol. The van der Waals surface area contributed by atoms with Gasteiger partial charge in [-0.3, -0.25) is 9.48 Å². The zero-order valence-corrected chi connectivity index (χ0v) is 7.03. The first-order chi connectivity index (χ1) is 5.74. The number of Topliss-reactive ketones (excluding diaryl/α,β-unsaturated/α-hetero) is 1. The first kappa shape index (κ1) is 8.47. The van der Waals surface area contributed by atoms with Crippen molar-refractivity contribution in [2.45, 2.75) is 13.3 Å². The minimum absolute atomic E-state index is 0.0857. The van der Waals surface area contributed by atoms with Gasteiger partial charge in [0.2, 0.25) is 0 Å². The van der Waals surface area contributed by atoms with Gasteiger partial charge in [-0.15, -0.1) is 11.0 Å². The van der Waals surface area contributed by atoms with Crippen molar-refractivity contribution >= 4 is 5.78 Å². The van der Waals surface area contributed by atoms with Crippen molar-refractivity contribution in [2.75, 3.05) is 0 Å². The lowest BCUT2D eigenvalue weighted by molar-refractivity contribution is 0.0993. The van der Waals surface area contributed by atoms with E-state index in [4.69, 9.17) is 0 Å². The third-order valence-electron chi connectivity index (χ3n) is 1.31. The highest BCUT2D eigenvalue weighted by atomic mass is 16.1. The van der Waals surface area contributed by atoms with Gasteiger partial charge in [0.05, 0.1) is 12.6 Å². The molecule has 4 nitrogen and oxygen atoms in total. The number of carbonyl (C=O) groups is 1. The van der Waals surface area contributed by atoms with Gasteiger partial charge >= 0.3 is 0 Å². The van der Waals surface area contributed by atoms with Crippen molar-refractivity contribution in [1.82, 2.24) is 15.0 Å². The second-order valence-electron chi connectivity index (χ2n) is 2.30. The van der Waals surface area contributed by atoms with Gasteiger partial charge < -0.3 is 0 Å². The Kier molecular flexibility index (Phi) is 2.59. The lowest BCUT2D eigenvalue weighted by atomic mass is 10.2. The molecule has 12 heavy (non-hydrogen) atoms. The number of ketones is 1. The summed E-state index contributed by atoms with van der Waals surface area (Å²) < 4.78 is 1.49. The van der Waals surface area contributed by atoms with E-state index < -0.39 is 0 Å². The SMILES string of the molecule is CC#CCC(=O)c1cn(C)nn1. The van der Waals surface area contributed by atoms with Gasteiger partial charge in [-0.25, -0.2) is 0 Å². The van der Waals surface area contributed by atoms with E-state index in [1.165, 1.54) is 4.68 Å². The molecule has 4 heteroatoms. The number of aryl methyl sites for hydroxylation is 1. The Bertz CT molecular complexity index is 343.